The van der Waals surface area contributed by atoms with Gasteiger partial charge in [0, 0.05) is 36.3 Å². The van der Waals surface area contributed by atoms with E-state index in [0.29, 0.717) is 6.54 Å². The zero-order valence-electron chi connectivity index (χ0n) is 14.1. The number of aliphatic hydroxyl groups excluding tert-OH is 1. The maximum atomic E-state index is 11.9. The van der Waals surface area contributed by atoms with E-state index in [9.17, 15) is 4.79 Å². The van der Waals surface area contributed by atoms with Gasteiger partial charge in [0.2, 0.25) is 0 Å². The molecule has 0 aliphatic heterocycles. The normalized spacial score (nSPS) is 13.7. The van der Waals surface area contributed by atoms with Crippen LogP contribution in [-0.4, -0.2) is 35.3 Å². The first-order valence-electron chi connectivity index (χ1n) is 8.29. The molecular formula is C18H27N3O2. The predicted octanol–water partition coefficient (Wildman–Crippen LogP) is 2.59. The standard InChI is InChI=1S/C18H27N3O2/c1-4-14-6-5-7-16-15(10-20-17(14)16)8-9-19-18(23)21-13(3)12(2)11-22/h5-7,10,12-13,20,22H,4,8-9,11H2,1-3H3,(H2,19,21,23). The highest BCUT2D eigenvalue weighted by Crippen LogP contribution is 2.22. The fourth-order valence-electron chi connectivity index (χ4n) is 2.65. The largest absolute Gasteiger partial charge is 0.396 e. The number of aliphatic hydroxyl groups is 1. The summed E-state index contributed by atoms with van der Waals surface area (Å²) in [5.41, 5.74) is 3.72. The van der Waals surface area contributed by atoms with Gasteiger partial charge < -0.3 is 20.7 Å². The van der Waals surface area contributed by atoms with Gasteiger partial charge in [-0.05, 0) is 36.8 Å². The Morgan fingerprint density at radius 3 is 2.78 bits per heavy atom. The molecule has 0 saturated heterocycles. The van der Waals surface area contributed by atoms with Gasteiger partial charge in [0.1, 0.15) is 0 Å². The Morgan fingerprint density at radius 2 is 2.09 bits per heavy atom. The topological polar surface area (TPSA) is 77.2 Å². The van der Waals surface area contributed by atoms with Crippen molar-refractivity contribution in [2.24, 2.45) is 5.92 Å². The van der Waals surface area contributed by atoms with E-state index in [1.54, 1.807) is 0 Å². The van der Waals surface area contributed by atoms with Crippen molar-refractivity contribution in [2.45, 2.75) is 39.7 Å². The Hall–Kier alpha value is -2.01. The molecule has 0 aliphatic carbocycles. The molecule has 1 aromatic heterocycles. The summed E-state index contributed by atoms with van der Waals surface area (Å²) in [6, 6.07) is 6.09. The number of rotatable bonds is 7. The minimum absolute atomic E-state index is 0.0434. The zero-order valence-corrected chi connectivity index (χ0v) is 14.1. The number of aryl methyl sites for hydroxylation is 1. The maximum absolute atomic E-state index is 11.9. The molecule has 2 atom stereocenters. The third kappa shape index (κ3) is 4.26. The lowest BCUT2D eigenvalue weighted by atomic mass is 10.1. The van der Waals surface area contributed by atoms with Crippen LogP contribution in [0.3, 0.4) is 0 Å². The van der Waals surface area contributed by atoms with E-state index in [2.05, 4.69) is 40.7 Å². The molecule has 5 nitrogen and oxygen atoms in total. The van der Waals surface area contributed by atoms with Crippen molar-refractivity contribution in [3.8, 4) is 0 Å². The van der Waals surface area contributed by atoms with Gasteiger partial charge in [0.15, 0.2) is 0 Å². The van der Waals surface area contributed by atoms with E-state index in [0.717, 1.165) is 12.8 Å². The summed E-state index contributed by atoms with van der Waals surface area (Å²) in [6.07, 6.45) is 3.81. The first-order valence-corrected chi connectivity index (χ1v) is 8.29. The summed E-state index contributed by atoms with van der Waals surface area (Å²) in [7, 11) is 0. The molecule has 0 aliphatic rings. The van der Waals surface area contributed by atoms with E-state index in [4.69, 9.17) is 5.11 Å². The molecule has 5 heteroatoms. The maximum Gasteiger partial charge on any atom is 0.315 e. The molecule has 23 heavy (non-hydrogen) atoms. The minimum atomic E-state index is -0.188. The highest BCUT2D eigenvalue weighted by molar-refractivity contribution is 5.86. The van der Waals surface area contributed by atoms with Gasteiger partial charge in [-0.1, -0.05) is 32.0 Å². The van der Waals surface area contributed by atoms with Crippen LogP contribution in [0.5, 0.6) is 0 Å². The van der Waals surface area contributed by atoms with Gasteiger partial charge in [-0.3, -0.25) is 0 Å². The van der Waals surface area contributed by atoms with Crippen molar-refractivity contribution in [2.75, 3.05) is 13.2 Å². The highest BCUT2D eigenvalue weighted by Gasteiger charge is 2.13. The van der Waals surface area contributed by atoms with E-state index in [1.807, 2.05) is 20.0 Å². The number of hydrogen-bond donors (Lipinski definition) is 4. The minimum Gasteiger partial charge on any atom is -0.396 e. The number of benzene rings is 1. The second-order valence-electron chi connectivity index (χ2n) is 6.11. The Morgan fingerprint density at radius 1 is 1.30 bits per heavy atom. The number of fused-ring (bicyclic) bond motifs is 1. The average Bonchev–Trinajstić information content (AvgIpc) is 2.97. The summed E-state index contributed by atoms with van der Waals surface area (Å²) in [5, 5.41) is 16.0. The smallest absolute Gasteiger partial charge is 0.315 e. The number of carbonyl (C=O) groups is 1. The van der Waals surface area contributed by atoms with Crippen molar-refractivity contribution < 1.29 is 9.90 Å². The number of amides is 2. The lowest BCUT2D eigenvalue weighted by molar-refractivity contribution is 0.200. The summed E-state index contributed by atoms with van der Waals surface area (Å²) in [5.74, 6) is 0.0434. The van der Waals surface area contributed by atoms with Gasteiger partial charge in [-0.2, -0.15) is 0 Å². The summed E-state index contributed by atoms with van der Waals surface area (Å²) in [4.78, 5) is 15.2. The highest BCUT2D eigenvalue weighted by atomic mass is 16.3. The molecule has 2 aromatic rings. The van der Waals surface area contributed by atoms with E-state index in [1.165, 1.54) is 22.0 Å². The number of aromatic amines is 1. The Bertz CT molecular complexity index is 651. The van der Waals surface area contributed by atoms with Crippen LogP contribution in [0, 0.1) is 5.92 Å². The number of hydrogen-bond acceptors (Lipinski definition) is 2. The summed E-state index contributed by atoms with van der Waals surface area (Å²) >= 11 is 0. The van der Waals surface area contributed by atoms with Gasteiger partial charge in [0.25, 0.3) is 0 Å². The zero-order chi connectivity index (χ0) is 16.8. The van der Waals surface area contributed by atoms with E-state index < -0.39 is 0 Å². The average molecular weight is 317 g/mol. The molecule has 2 amide bonds. The molecule has 2 unspecified atom stereocenters. The number of carbonyl (C=O) groups excluding carboxylic acids is 1. The van der Waals surface area contributed by atoms with Gasteiger partial charge in [-0.15, -0.1) is 0 Å². The second kappa shape index (κ2) is 8.02. The lowest BCUT2D eigenvalue weighted by Crippen LogP contribution is -2.44. The Kier molecular flexibility index (Phi) is 6.04. The molecule has 0 fully saturated rings. The molecule has 1 aromatic carbocycles. The fourth-order valence-corrected chi connectivity index (χ4v) is 2.65. The number of nitrogens with one attached hydrogen (secondary N) is 3. The van der Waals surface area contributed by atoms with Crippen LogP contribution in [-0.2, 0) is 12.8 Å². The molecular weight excluding hydrogens is 290 g/mol. The van der Waals surface area contributed by atoms with Crippen molar-refractivity contribution in [3.63, 3.8) is 0 Å². The van der Waals surface area contributed by atoms with Crippen LogP contribution in [0.4, 0.5) is 4.79 Å². The Labute approximate surface area is 137 Å². The van der Waals surface area contributed by atoms with Crippen LogP contribution < -0.4 is 10.6 Å². The SMILES string of the molecule is CCc1cccc2c(CCNC(=O)NC(C)C(C)CO)c[nH]c12. The molecule has 0 spiro atoms. The fraction of sp³-hybridized carbons (Fsp3) is 0.500. The first-order chi connectivity index (χ1) is 11.1. The van der Waals surface area contributed by atoms with Crippen LogP contribution in [0.2, 0.25) is 0 Å². The van der Waals surface area contributed by atoms with Gasteiger partial charge in [-0.25, -0.2) is 4.79 Å². The van der Waals surface area contributed by atoms with Crippen molar-refractivity contribution in [1.82, 2.24) is 15.6 Å². The number of para-hydroxylation sites is 1. The molecule has 2 rings (SSSR count). The quantitative estimate of drug-likeness (QED) is 0.633. The molecule has 0 saturated carbocycles. The molecule has 1 heterocycles. The van der Waals surface area contributed by atoms with Crippen molar-refractivity contribution in [1.29, 1.82) is 0 Å². The third-order valence-electron chi connectivity index (χ3n) is 4.45. The van der Waals surface area contributed by atoms with Crippen molar-refractivity contribution >= 4 is 16.9 Å². The van der Waals surface area contributed by atoms with E-state index in [-0.39, 0.29) is 24.6 Å². The lowest BCUT2D eigenvalue weighted by Gasteiger charge is -2.19. The number of aromatic nitrogens is 1. The van der Waals surface area contributed by atoms with Gasteiger partial charge in [0.05, 0.1) is 0 Å². The number of H-pyrrole nitrogens is 1. The predicted molar refractivity (Wildman–Crippen MR) is 93.6 cm³/mol. The van der Waals surface area contributed by atoms with Crippen LogP contribution in [0.15, 0.2) is 24.4 Å². The van der Waals surface area contributed by atoms with Gasteiger partial charge >= 0.3 is 6.03 Å². The molecule has 0 bridgehead atoms. The van der Waals surface area contributed by atoms with Crippen LogP contribution in [0.25, 0.3) is 10.9 Å². The molecule has 0 radical (unpaired) electrons. The number of urea groups is 1. The van der Waals surface area contributed by atoms with Crippen LogP contribution in [0.1, 0.15) is 31.9 Å². The summed E-state index contributed by atoms with van der Waals surface area (Å²) in [6.45, 7) is 6.59. The monoisotopic (exact) mass is 317 g/mol. The van der Waals surface area contributed by atoms with Crippen molar-refractivity contribution in [3.05, 3.63) is 35.5 Å². The van der Waals surface area contributed by atoms with E-state index >= 15 is 0 Å². The first kappa shape index (κ1) is 17.3. The summed E-state index contributed by atoms with van der Waals surface area (Å²) < 4.78 is 0. The Balaban J connectivity index is 1.88. The second-order valence-corrected chi connectivity index (χ2v) is 6.11. The molecule has 4 N–H and O–H groups in total. The third-order valence-corrected chi connectivity index (χ3v) is 4.45. The molecule has 126 valence electrons. The van der Waals surface area contributed by atoms with Crippen LogP contribution >= 0.6 is 0 Å².